The highest BCUT2D eigenvalue weighted by atomic mass is 19.2. The zero-order valence-corrected chi connectivity index (χ0v) is 17.6. The molecular weight excluding hydrogens is 422 g/mol. The van der Waals surface area contributed by atoms with E-state index in [-0.39, 0.29) is 6.42 Å². The van der Waals surface area contributed by atoms with Gasteiger partial charge >= 0.3 is 17.8 Å². The van der Waals surface area contributed by atoms with E-state index in [2.05, 4.69) is 17.0 Å². The summed E-state index contributed by atoms with van der Waals surface area (Å²) in [5.41, 5.74) is 5.57. The van der Waals surface area contributed by atoms with Crippen LogP contribution in [0.25, 0.3) is 0 Å². The normalized spacial score (nSPS) is 30.3. The zero-order chi connectivity index (χ0) is 23.8. The Morgan fingerprint density at radius 3 is 2.39 bits per heavy atom. The van der Waals surface area contributed by atoms with E-state index in [0.717, 1.165) is 32.6 Å². The van der Waals surface area contributed by atoms with Crippen LogP contribution in [0.4, 0.5) is 8.78 Å². The highest BCUT2D eigenvalue weighted by Gasteiger charge is 2.62. The number of aliphatic hydroxyl groups is 2. The molecule has 31 heavy (non-hydrogen) atoms. The Labute approximate surface area is 179 Å². The number of rotatable bonds is 12. The number of carbonyl (C=O) groups excluding carboxylic acids is 2. The molecule has 0 aromatic heterocycles. The zero-order valence-electron chi connectivity index (χ0n) is 17.6. The molecule has 1 fully saturated rings. The van der Waals surface area contributed by atoms with Crippen molar-refractivity contribution >= 4 is 17.8 Å². The van der Waals surface area contributed by atoms with Gasteiger partial charge < -0.3 is 35.8 Å². The van der Waals surface area contributed by atoms with Gasteiger partial charge in [0.05, 0.1) is 12.1 Å². The smallest absolute Gasteiger partial charge is 0.372 e. The van der Waals surface area contributed by atoms with Crippen LogP contribution in [0.15, 0.2) is 0 Å². The van der Waals surface area contributed by atoms with Gasteiger partial charge in [-0.05, 0) is 6.42 Å². The molecule has 0 aliphatic carbocycles. The van der Waals surface area contributed by atoms with Crippen molar-refractivity contribution in [2.45, 2.75) is 94.8 Å². The van der Waals surface area contributed by atoms with E-state index >= 15 is 0 Å². The van der Waals surface area contributed by atoms with Gasteiger partial charge in [-0.15, -0.1) is 0 Å². The molecule has 0 saturated carbocycles. The Morgan fingerprint density at radius 2 is 1.84 bits per heavy atom. The molecule has 6 N–H and O–H groups in total. The lowest BCUT2D eigenvalue weighted by atomic mass is 9.86. The highest BCUT2D eigenvalue weighted by Crippen LogP contribution is 2.35. The number of nitrogens with two attached hydrogens (primary N) is 1. The average molecular weight is 454 g/mol. The third-order valence-electron chi connectivity index (χ3n) is 5.06. The van der Waals surface area contributed by atoms with Crippen LogP contribution >= 0.6 is 0 Å². The van der Waals surface area contributed by atoms with Crippen molar-refractivity contribution in [2.75, 3.05) is 6.61 Å². The third kappa shape index (κ3) is 7.34. The summed E-state index contributed by atoms with van der Waals surface area (Å²) >= 11 is 0. The van der Waals surface area contributed by atoms with Gasteiger partial charge in [-0.25, -0.2) is 9.18 Å². The maximum Gasteiger partial charge on any atom is 0.372 e. The predicted octanol–water partition coefficient (Wildman–Crippen LogP) is -0.0688. The molecule has 0 aromatic carbocycles. The molecule has 1 aliphatic rings. The summed E-state index contributed by atoms with van der Waals surface area (Å²) in [7, 11) is 0. The van der Waals surface area contributed by atoms with Crippen LogP contribution in [0.5, 0.6) is 0 Å². The van der Waals surface area contributed by atoms with E-state index in [1.165, 1.54) is 0 Å². The van der Waals surface area contributed by atoms with Crippen molar-refractivity contribution < 1.29 is 48.0 Å². The second-order valence-electron chi connectivity index (χ2n) is 7.64. The van der Waals surface area contributed by atoms with Crippen LogP contribution in [0.1, 0.15) is 52.4 Å². The minimum Gasteiger partial charge on any atom is -0.477 e. The Balaban J connectivity index is 2.78. The molecule has 0 bridgehead atoms. The fraction of sp³-hybridized carbons (Fsp3) is 0.842. The summed E-state index contributed by atoms with van der Waals surface area (Å²) in [5, 5.41) is 31.7. The van der Waals surface area contributed by atoms with Crippen LogP contribution in [0.3, 0.4) is 0 Å². The number of carboxylic acids is 1. The van der Waals surface area contributed by atoms with E-state index < -0.39 is 66.9 Å². The van der Waals surface area contributed by atoms with Gasteiger partial charge in [-0.2, -0.15) is 4.39 Å². The Kier molecular flexibility index (Phi) is 10.7. The number of amides is 1. The number of nitrogens with one attached hydrogen (secondary N) is 1. The SMILES string of the molecule is CCCCCCCC(=O)OCC(O)C(O)C1OC(F)(C(=O)O)C(F)C(N)C1NC(C)=O. The molecule has 7 unspecified atom stereocenters. The van der Waals surface area contributed by atoms with Gasteiger partial charge in [-0.3, -0.25) is 9.59 Å². The number of alkyl halides is 2. The fourth-order valence-electron chi connectivity index (χ4n) is 3.29. The van der Waals surface area contributed by atoms with E-state index in [0.29, 0.717) is 6.42 Å². The summed E-state index contributed by atoms with van der Waals surface area (Å²) in [6.45, 7) is 2.39. The molecule has 0 aromatic rings. The molecule has 0 radical (unpaired) electrons. The van der Waals surface area contributed by atoms with Crippen molar-refractivity contribution in [1.29, 1.82) is 0 Å². The van der Waals surface area contributed by atoms with Crippen molar-refractivity contribution in [3.63, 3.8) is 0 Å². The maximum atomic E-state index is 14.6. The number of aliphatic carboxylic acids is 1. The maximum absolute atomic E-state index is 14.6. The number of carbonyl (C=O) groups is 3. The molecule has 1 amide bonds. The first kappa shape index (κ1) is 27.1. The second-order valence-corrected chi connectivity index (χ2v) is 7.64. The van der Waals surface area contributed by atoms with Gasteiger partial charge in [-0.1, -0.05) is 32.6 Å². The summed E-state index contributed by atoms with van der Waals surface area (Å²) in [4.78, 5) is 34.4. The average Bonchev–Trinajstić information content (AvgIpc) is 2.71. The number of aliphatic hydroxyl groups excluding tert-OH is 2. The minimum absolute atomic E-state index is 0.0992. The molecule has 1 heterocycles. The molecule has 1 aliphatic heterocycles. The lowest BCUT2D eigenvalue weighted by Crippen LogP contribution is -2.73. The Hall–Kier alpha value is -1.89. The van der Waals surface area contributed by atoms with Crippen molar-refractivity contribution in [3.8, 4) is 0 Å². The van der Waals surface area contributed by atoms with Gasteiger partial charge in [0, 0.05) is 13.3 Å². The summed E-state index contributed by atoms with van der Waals surface area (Å²) in [6.07, 6.45) is -4.11. The van der Waals surface area contributed by atoms with Crippen LogP contribution in [-0.4, -0.2) is 82.2 Å². The number of unbranched alkanes of at least 4 members (excludes halogenated alkanes) is 4. The van der Waals surface area contributed by atoms with Gasteiger partial charge in [0.15, 0.2) is 6.17 Å². The highest BCUT2D eigenvalue weighted by molar-refractivity contribution is 5.77. The number of halogens is 2. The first-order chi connectivity index (χ1) is 14.5. The molecule has 1 rings (SSSR count). The van der Waals surface area contributed by atoms with Gasteiger partial charge in [0.1, 0.15) is 24.9 Å². The van der Waals surface area contributed by atoms with E-state index in [1.807, 2.05) is 0 Å². The van der Waals surface area contributed by atoms with Crippen molar-refractivity contribution in [3.05, 3.63) is 0 Å². The monoisotopic (exact) mass is 454 g/mol. The van der Waals surface area contributed by atoms with E-state index in [9.17, 15) is 33.4 Å². The van der Waals surface area contributed by atoms with E-state index in [4.69, 9.17) is 15.6 Å². The first-order valence-electron chi connectivity index (χ1n) is 10.2. The Morgan fingerprint density at radius 1 is 1.23 bits per heavy atom. The van der Waals surface area contributed by atoms with Crippen LogP contribution in [0.2, 0.25) is 0 Å². The lowest BCUT2D eigenvalue weighted by Gasteiger charge is -2.45. The minimum atomic E-state index is -3.91. The standard InChI is InChI=1S/C19H32F2N2O8/c1-3-4-5-6-7-8-12(26)30-9-11(25)15(27)16-14(23-10(2)24)13(22)17(20)19(21,31-16)18(28)29/h11,13-17,25,27H,3-9,22H2,1-2H3,(H,23,24)(H,28,29). The quantitative estimate of drug-likeness (QED) is 0.200. The van der Waals surface area contributed by atoms with Gasteiger partial charge in [0.2, 0.25) is 5.91 Å². The summed E-state index contributed by atoms with van der Waals surface area (Å²) in [6, 6.07) is -3.47. The number of hydrogen-bond acceptors (Lipinski definition) is 8. The summed E-state index contributed by atoms with van der Waals surface area (Å²) < 4.78 is 38.4. The fourth-order valence-corrected chi connectivity index (χ4v) is 3.29. The largest absolute Gasteiger partial charge is 0.477 e. The van der Waals surface area contributed by atoms with Crippen molar-refractivity contribution in [1.82, 2.24) is 5.32 Å². The molecule has 12 heteroatoms. The summed E-state index contributed by atoms with van der Waals surface area (Å²) in [5.74, 6) is -7.59. The number of carboxylic acid groups (broad SMARTS) is 1. The number of esters is 1. The third-order valence-corrected chi connectivity index (χ3v) is 5.06. The molecule has 1 saturated heterocycles. The molecule has 10 nitrogen and oxygen atoms in total. The topological polar surface area (TPSA) is 168 Å². The van der Waals surface area contributed by atoms with Gasteiger partial charge in [0.25, 0.3) is 0 Å². The molecule has 7 atom stereocenters. The number of hydrogen-bond donors (Lipinski definition) is 5. The molecular formula is C19H32F2N2O8. The predicted molar refractivity (Wildman–Crippen MR) is 103 cm³/mol. The Bertz CT molecular complexity index is 626. The van der Waals surface area contributed by atoms with Crippen LogP contribution in [-0.2, 0) is 23.9 Å². The second kappa shape index (κ2) is 12.2. The van der Waals surface area contributed by atoms with E-state index in [1.54, 1.807) is 0 Å². The lowest BCUT2D eigenvalue weighted by molar-refractivity contribution is -0.276. The molecule has 180 valence electrons. The van der Waals surface area contributed by atoms with Crippen LogP contribution < -0.4 is 11.1 Å². The van der Waals surface area contributed by atoms with Crippen LogP contribution in [0, 0.1) is 0 Å². The number of ether oxygens (including phenoxy) is 2. The molecule has 0 spiro atoms. The first-order valence-corrected chi connectivity index (χ1v) is 10.2. The van der Waals surface area contributed by atoms with Crippen molar-refractivity contribution in [2.24, 2.45) is 5.73 Å².